The first-order chi connectivity index (χ1) is 9.43. The first-order valence-electron chi connectivity index (χ1n) is 6.92. The number of carbonyl (C=O) groups is 2. The van der Waals surface area contributed by atoms with Crippen LogP contribution >= 0.6 is 0 Å². The molecule has 0 aliphatic rings. The van der Waals surface area contributed by atoms with Crippen LogP contribution in [0.15, 0.2) is 12.3 Å². The Bertz CT molecular complexity index is 464. The summed E-state index contributed by atoms with van der Waals surface area (Å²) in [7, 11) is 1.84. The molecule has 0 saturated heterocycles. The van der Waals surface area contributed by atoms with Crippen LogP contribution < -0.4 is 5.32 Å². The molecule has 1 amide bonds. The normalized spacial score (nSPS) is 11.3. The number of hydrogen-bond acceptors (Lipinski definition) is 3. The molecule has 1 rings (SSSR count). The molecule has 0 saturated carbocycles. The van der Waals surface area contributed by atoms with Crippen molar-refractivity contribution in [2.75, 3.05) is 6.54 Å². The number of carbonyl (C=O) groups excluding carboxylic acids is 1. The zero-order valence-electron chi connectivity index (χ0n) is 12.3. The van der Waals surface area contributed by atoms with Crippen molar-refractivity contribution in [2.45, 2.75) is 39.5 Å². The van der Waals surface area contributed by atoms with E-state index in [1.165, 1.54) is 0 Å². The van der Waals surface area contributed by atoms with Gasteiger partial charge in [-0.2, -0.15) is 5.10 Å². The standard InChI is InChI=1S/C14H23N3O3/c1-4-14(5-2,13(19)20)10-12(18)15-8-6-11-7-9-17(3)16-11/h7,9H,4-6,8,10H2,1-3H3,(H,15,18)(H,19,20). The quantitative estimate of drug-likeness (QED) is 0.753. The molecule has 0 aliphatic carbocycles. The monoisotopic (exact) mass is 281 g/mol. The van der Waals surface area contributed by atoms with Gasteiger partial charge in [0, 0.05) is 32.6 Å². The third-order valence-electron chi connectivity index (χ3n) is 3.78. The van der Waals surface area contributed by atoms with Crippen LogP contribution in [-0.2, 0) is 23.1 Å². The van der Waals surface area contributed by atoms with E-state index in [2.05, 4.69) is 10.4 Å². The molecule has 0 radical (unpaired) electrons. The molecule has 0 bridgehead atoms. The summed E-state index contributed by atoms with van der Waals surface area (Å²) in [6.07, 6.45) is 3.42. The maximum atomic E-state index is 11.9. The molecular formula is C14H23N3O3. The Morgan fingerprint density at radius 3 is 2.50 bits per heavy atom. The molecule has 1 aromatic rings. The summed E-state index contributed by atoms with van der Waals surface area (Å²) in [5.74, 6) is -1.12. The Morgan fingerprint density at radius 1 is 1.40 bits per heavy atom. The third kappa shape index (κ3) is 4.08. The van der Waals surface area contributed by atoms with Gasteiger partial charge in [-0.05, 0) is 18.9 Å². The third-order valence-corrected chi connectivity index (χ3v) is 3.78. The molecular weight excluding hydrogens is 258 g/mol. The summed E-state index contributed by atoms with van der Waals surface area (Å²) in [5, 5.41) is 16.3. The lowest BCUT2D eigenvalue weighted by molar-refractivity contribution is -0.152. The smallest absolute Gasteiger partial charge is 0.310 e. The van der Waals surface area contributed by atoms with Gasteiger partial charge in [-0.3, -0.25) is 14.3 Å². The largest absolute Gasteiger partial charge is 0.481 e. The van der Waals surface area contributed by atoms with Crippen LogP contribution in [0.5, 0.6) is 0 Å². The topological polar surface area (TPSA) is 84.2 Å². The van der Waals surface area contributed by atoms with Crippen LogP contribution in [0.2, 0.25) is 0 Å². The predicted octanol–water partition coefficient (Wildman–Crippen LogP) is 1.36. The van der Waals surface area contributed by atoms with Gasteiger partial charge in [-0.1, -0.05) is 13.8 Å². The van der Waals surface area contributed by atoms with Crippen LogP contribution in [0, 0.1) is 5.41 Å². The fraction of sp³-hybridized carbons (Fsp3) is 0.643. The van der Waals surface area contributed by atoms with Gasteiger partial charge < -0.3 is 10.4 Å². The first kappa shape index (κ1) is 16.2. The average Bonchev–Trinajstić information content (AvgIpc) is 2.81. The van der Waals surface area contributed by atoms with E-state index in [4.69, 9.17) is 0 Å². The van der Waals surface area contributed by atoms with Gasteiger partial charge in [-0.25, -0.2) is 0 Å². The van der Waals surface area contributed by atoms with E-state index >= 15 is 0 Å². The van der Waals surface area contributed by atoms with Crippen LogP contribution in [0.3, 0.4) is 0 Å². The molecule has 0 aromatic carbocycles. The molecule has 1 aromatic heterocycles. The number of amides is 1. The van der Waals surface area contributed by atoms with Crippen LogP contribution in [0.25, 0.3) is 0 Å². The highest BCUT2D eigenvalue weighted by Crippen LogP contribution is 2.30. The minimum Gasteiger partial charge on any atom is -0.481 e. The van der Waals surface area contributed by atoms with Gasteiger partial charge in [0.05, 0.1) is 11.1 Å². The van der Waals surface area contributed by atoms with Crippen molar-refractivity contribution in [2.24, 2.45) is 12.5 Å². The van der Waals surface area contributed by atoms with Crippen LogP contribution in [0.4, 0.5) is 0 Å². The number of aryl methyl sites for hydroxylation is 1. The van der Waals surface area contributed by atoms with Gasteiger partial charge in [0.15, 0.2) is 0 Å². The Labute approximate surface area is 119 Å². The van der Waals surface area contributed by atoms with Crippen molar-refractivity contribution in [3.8, 4) is 0 Å². The van der Waals surface area contributed by atoms with Gasteiger partial charge in [0.2, 0.25) is 5.91 Å². The second-order valence-electron chi connectivity index (χ2n) is 5.05. The zero-order valence-corrected chi connectivity index (χ0v) is 12.3. The summed E-state index contributed by atoms with van der Waals surface area (Å²) < 4.78 is 1.71. The molecule has 0 fully saturated rings. The molecule has 112 valence electrons. The van der Waals surface area contributed by atoms with E-state index in [9.17, 15) is 14.7 Å². The molecule has 20 heavy (non-hydrogen) atoms. The second-order valence-corrected chi connectivity index (χ2v) is 5.05. The second kappa shape index (κ2) is 7.07. The van der Waals surface area contributed by atoms with Gasteiger partial charge in [0.25, 0.3) is 0 Å². The summed E-state index contributed by atoms with van der Waals surface area (Å²) in [5.41, 5.74) is -0.0435. The predicted molar refractivity (Wildman–Crippen MR) is 75.2 cm³/mol. The highest BCUT2D eigenvalue weighted by Gasteiger charge is 2.36. The van der Waals surface area contributed by atoms with E-state index in [0.29, 0.717) is 25.8 Å². The van der Waals surface area contributed by atoms with Crippen molar-refractivity contribution in [3.05, 3.63) is 18.0 Å². The summed E-state index contributed by atoms with van der Waals surface area (Å²) >= 11 is 0. The maximum Gasteiger partial charge on any atom is 0.310 e. The van der Waals surface area contributed by atoms with Gasteiger partial charge in [0.1, 0.15) is 0 Å². The summed E-state index contributed by atoms with van der Waals surface area (Å²) in [6.45, 7) is 4.08. The molecule has 0 atom stereocenters. The number of nitrogens with zero attached hydrogens (tertiary/aromatic N) is 2. The molecule has 1 heterocycles. The van der Waals surface area contributed by atoms with Crippen molar-refractivity contribution >= 4 is 11.9 Å². The molecule has 6 heteroatoms. The van der Waals surface area contributed by atoms with Crippen molar-refractivity contribution in [1.29, 1.82) is 0 Å². The SMILES string of the molecule is CCC(CC)(CC(=O)NCCc1ccn(C)n1)C(=O)O. The van der Waals surface area contributed by atoms with E-state index in [1.54, 1.807) is 18.5 Å². The Morgan fingerprint density at radius 2 is 2.05 bits per heavy atom. The van der Waals surface area contributed by atoms with Crippen molar-refractivity contribution < 1.29 is 14.7 Å². The van der Waals surface area contributed by atoms with Gasteiger partial charge in [-0.15, -0.1) is 0 Å². The Hall–Kier alpha value is -1.85. The number of aromatic nitrogens is 2. The lowest BCUT2D eigenvalue weighted by Gasteiger charge is -2.25. The number of hydrogen-bond donors (Lipinski definition) is 2. The highest BCUT2D eigenvalue weighted by atomic mass is 16.4. The first-order valence-corrected chi connectivity index (χ1v) is 6.92. The number of rotatable bonds is 8. The van der Waals surface area contributed by atoms with Crippen molar-refractivity contribution in [3.63, 3.8) is 0 Å². The Balaban J connectivity index is 2.44. The van der Waals surface area contributed by atoms with Crippen LogP contribution in [-0.4, -0.2) is 33.3 Å². The summed E-state index contributed by atoms with van der Waals surface area (Å²) in [4.78, 5) is 23.2. The molecule has 2 N–H and O–H groups in total. The lowest BCUT2D eigenvalue weighted by Crippen LogP contribution is -2.37. The fourth-order valence-electron chi connectivity index (χ4n) is 2.17. The zero-order chi connectivity index (χ0) is 15.2. The van der Waals surface area contributed by atoms with Gasteiger partial charge >= 0.3 is 5.97 Å². The molecule has 0 spiro atoms. The minimum atomic E-state index is -0.949. The summed E-state index contributed by atoms with van der Waals surface area (Å²) in [6, 6.07) is 1.89. The average molecular weight is 281 g/mol. The van der Waals surface area contributed by atoms with E-state index in [-0.39, 0.29) is 12.3 Å². The van der Waals surface area contributed by atoms with E-state index in [0.717, 1.165) is 5.69 Å². The molecule has 0 aliphatic heterocycles. The number of carboxylic acids is 1. The van der Waals surface area contributed by atoms with Crippen LogP contribution in [0.1, 0.15) is 38.8 Å². The minimum absolute atomic E-state index is 0.0253. The number of carboxylic acid groups (broad SMARTS) is 1. The van der Waals surface area contributed by atoms with E-state index in [1.807, 2.05) is 19.3 Å². The van der Waals surface area contributed by atoms with E-state index < -0.39 is 11.4 Å². The van der Waals surface area contributed by atoms with Crippen molar-refractivity contribution in [1.82, 2.24) is 15.1 Å². The molecule has 0 unspecified atom stereocenters. The lowest BCUT2D eigenvalue weighted by atomic mass is 9.79. The Kier molecular flexibility index (Phi) is 5.73. The fourth-order valence-corrected chi connectivity index (χ4v) is 2.17. The number of nitrogens with one attached hydrogen (secondary N) is 1. The maximum absolute atomic E-state index is 11.9. The highest BCUT2D eigenvalue weighted by molar-refractivity contribution is 5.84. The number of aliphatic carboxylic acids is 1. The molecule has 6 nitrogen and oxygen atoms in total.